The van der Waals surface area contributed by atoms with Gasteiger partial charge in [-0.05, 0) is 17.9 Å². The maximum absolute atomic E-state index is 10.9. The highest BCUT2D eigenvalue weighted by Gasteiger charge is 2.13. The van der Waals surface area contributed by atoms with Gasteiger partial charge in [-0.1, -0.05) is 6.92 Å². The van der Waals surface area contributed by atoms with E-state index in [9.17, 15) is 4.79 Å². The number of aromatic nitrogens is 2. The molecule has 0 aliphatic rings. The second kappa shape index (κ2) is 5.68. The van der Waals surface area contributed by atoms with E-state index in [1.54, 1.807) is 24.0 Å². The normalized spacial score (nSPS) is 10.5. The van der Waals surface area contributed by atoms with E-state index >= 15 is 0 Å². The molecule has 6 heteroatoms. The molecule has 0 bridgehead atoms. The Morgan fingerprint density at radius 3 is 3.17 bits per heavy atom. The zero-order chi connectivity index (χ0) is 13.0. The van der Waals surface area contributed by atoms with E-state index in [1.807, 2.05) is 4.57 Å². The van der Waals surface area contributed by atoms with Gasteiger partial charge < -0.3 is 14.4 Å². The molecule has 0 amide bonds. The molecule has 2 aromatic heterocycles. The number of ether oxygens (including phenoxy) is 1. The summed E-state index contributed by atoms with van der Waals surface area (Å²) >= 11 is 1.16. The number of aromatic carboxylic acids is 1. The van der Waals surface area contributed by atoms with E-state index in [4.69, 9.17) is 9.84 Å². The molecule has 0 atom stereocenters. The van der Waals surface area contributed by atoms with Crippen LogP contribution in [0.1, 0.15) is 28.7 Å². The van der Waals surface area contributed by atoms with Gasteiger partial charge in [-0.2, -0.15) is 0 Å². The summed E-state index contributed by atoms with van der Waals surface area (Å²) in [6, 6.07) is 1.68. The largest absolute Gasteiger partial charge is 0.486 e. The summed E-state index contributed by atoms with van der Waals surface area (Å²) in [5, 5.41) is 10.7. The number of hydrogen-bond donors (Lipinski definition) is 1. The van der Waals surface area contributed by atoms with Crippen LogP contribution in [0.15, 0.2) is 24.0 Å². The molecule has 0 unspecified atom stereocenters. The predicted molar refractivity (Wildman–Crippen MR) is 68.1 cm³/mol. The molecule has 0 saturated heterocycles. The molecule has 96 valence electrons. The van der Waals surface area contributed by atoms with Crippen LogP contribution in [0.5, 0.6) is 5.75 Å². The number of carbonyl (C=O) groups is 1. The molecule has 0 aliphatic carbocycles. The topological polar surface area (TPSA) is 64.4 Å². The lowest BCUT2D eigenvalue weighted by Crippen LogP contribution is -2.06. The Kier molecular flexibility index (Phi) is 3.99. The van der Waals surface area contributed by atoms with E-state index in [1.165, 1.54) is 0 Å². The van der Waals surface area contributed by atoms with Crippen LogP contribution in [0, 0.1) is 0 Å². The van der Waals surface area contributed by atoms with Gasteiger partial charge in [-0.15, -0.1) is 11.3 Å². The molecule has 0 fully saturated rings. The highest BCUT2D eigenvalue weighted by Crippen LogP contribution is 2.25. The minimum Gasteiger partial charge on any atom is -0.486 e. The molecule has 2 rings (SSSR count). The van der Waals surface area contributed by atoms with Crippen molar-refractivity contribution in [3.63, 3.8) is 0 Å². The summed E-state index contributed by atoms with van der Waals surface area (Å²) in [4.78, 5) is 15.2. The molecular formula is C12H14N2O3S. The SMILES string of the molecule is CCCn1cncc1COc1ccsc1C(=O)O. The lowest BCUT2D eigenvalue weighted by Gasteiger charge is -2.08. The second-order valence-corrected chi connectivity index (χ2v) is 4.70. The van der Waals surface area contributed by atoms with Crippen molar-refractivity contribution in [3.05, 3.63) is 34.5 Å². The van der Waals surface area contributed by atoms with Gasteiger partial charge in [-0.3, -0.25) is 0 Å². The van der Waals surface area contributed by atoms with Crippen LogP contribution in [0.2, 0.25) is 0 Å². The Balaban J connectivity index is 2.04. The van der Waals surface area contributed by atoms with Crippen molar-refractivity contribution in [3.8, 4) is 5.75 Å². The van der Waals surface area contributed by atoms with Crippen molar-refractivity contribution < 1.29 is 14.6 Å². The fraction of sp³-hybridized carbons (Fsp3) is 0.333. The zero-order valence-electron chi connectivity index (χ0n) is 10.00. The number of thiophene rings is 1. The number of nitrogens with zero attached hydrogens (tertiary/aromatic N) is 2. The van der Waals surface area contributed by atoms with Crippen LogP contribution >= 0.6 is 11.3 Å². The Morgan fingerprint density at radius 1 is 1.61 bits per heavy atom. The van der Waals surface area contributed by atoms with E-state index in [0.717, 1.165) is 30.0 Å². The molecule has 0 spiro atoms. The molecule has 18 heavy (non-hydrogen) atoms. The molecule has 0 radical (unpaired) electrons. The van der Waals surface area contributed by atoms with Gasteiger partial charge in [0.2, 0.25) is 0 Å². The lowest BCUT2D eigenvalue weighted by molar-refractivity contribution is 0.0697. The molecule has 1 N–H and O–H groups in total. The van der Waals surface area contributed by atoms with Crippen molar-refractivity contribution in [2.75, 3.05) is 0 Å². The number of imidazole rings is 1. The van der Waals surface area contributed by atoms with Gasteiger partial charge in [0.1, 0.15) is 12.4 Å². The average molecular weight is 266 g/mol. The second-order valence-electron chi connectivity index (χ2n) is 3.79. The first-order valence-corrected chi connectivity index (χ1v) is 6.53. The lowest BCUT2D eigenvalue weighted by atomic mass is 10.4. The first-order valence-electron chi connectivity index (χ1n) is 5.65. The molecular weight excluding hydrogens is 252 g/mol. The first-order chi connectivity index (χ1) is 8.72. The van der Waals surface area contributed by atoms with Crippen molar-refractivity contribution in [2.45, 2.75) is 26.5 Å². The van der Waals surface area contributed by atoms with E-state index < -0.39 is 5.97 Å². The van der Waals surface area contributed by atoms with Crippen LogP contribution in [0.4, 0.5) is 0 Å². The standard InChI is InChI=1S/C12H14N2O3S/c1-2-4-14-8-13-6-9(14)7-17-10-3-5-18-11(10)12(15)16/h3,5-6,8H,2,4,7H2,1H3,(H,15,16). The summed E-state index contributed by atoms with van der Waals surface area (Å²) in [5.74, 6) is -0.543. The van der Waals surface area contributed by atoms with Crippen LogP contribution in [0.3, 0.4) is 0 Å². The first kappa shape index (κ1) is 12.6. The Bertz CT molecular complexity index is 533. The smallest absolute Gasteiger partial charge is 0.349 e. The molecule has 0 aliphatic heterocycles. The summed E-state index contributed by atoms with van der Waals surface area (Å²) in [5.41, 5.74) is 0.944. The van der Waals surface area contributed by atoms with Gasteiger partial charge >= 0.3 is 5.97 Å². The van der Waals surface area contributed by atoms with Crippen molar-refractivity contribution >= 4 is 17.3 Å². The Labute approximate surface area is 109 Å². The van der Waals surface area contributed by atoms with Gasteiger partial charge in [-0.25, -0.2) is 9.78 Å². The summed E-state index contributed by atoms with van der Waals surface area (Å²) < 4.78 is 7.55. The highest BCUT2D eigenvalue weighted by atomic mass is 32.1. The molecule has 5 nitrogen and oxygen atoms in total. The quantitative estimate of drug-likeness (QED) is 0.873. The van der Waals surface area contributed by atoms with Gasteiger partial charge in [0.25, 0.3) is 0 Å². The fourth-order valence-electron chi connectivity index (χ4n) is 1.63. The maximum atomic E-state index is 10.9. The molecule has 0 saturated carbocycles. The summed E-state index contributed by atoms with van der Waals surface area (Å²) in [6.45, 7) is 3.30. The molecule has 0 aromatic carbocycles. The Morgan fingerprint density at radius 2 is 2.44 bits per heavy atom. The van der Waals surface area contributed by atoms with Crippen LogP contribution in [-0.2, 0) is 13.2 Å². The highest BCUT2D eigenvalue weighted by molar-refractivity contribution is 7.12. The predicted octanol–water partition coefficient (Wildman–Crippen LogP) is 2.63. The third-order valence-electron chi connectivity index (χ3n) is 2.46. The molecule has 2 aromatic rings. The van der Waals surface area contributed by atoms with Crippen LogP contribution < -0.4 is 4.74 Å². The van der Waals surface area contributed by atoms with Crippen molar-refractivity contribution in [1.82, 2.24) is 9.55 Å². The maximum Gasteiger partial charge on any atom is 0.349 e. The minimum atomic E-state index is -0.956. The third-order valence-corrected chi connectivity index (χ3v) is 3.35. The Hall–Kier alpha value is -1.82. The average Bonchev–Trinajstić information content (AvgIpc) is 2.95. The third kappa shape index (κ3) is 2.70. The minimum absolute atomic E-state index is 0.233. The van der Waals surface area contributed by atoms with E-state index in [-0.39, 0.29) is 4.88 Å². The number of carboxylic acid groups (broad SMARTS) is 1. The van der Waals surface area contributed by atoms with Crippen molar-refractivity contribution in [1.29, 1.82) is 0 Å². The van der Waals surface area contributed by atoms with Gasteiger partial charge in [0.05, 0.1) is 18.2 Å². The fourth-order valence-corrected chi connectivity index (χ4v) is 2.30. The summed E-state index contributed by atoms with van der Waals surface area (Å²) in [6.07, 6.45) is 4.51. The van der Waals surface area contributed by atoms with Gasteiger partial charge in [0, 0.05) is 6.54 Å². The van der Waals surface area contributed by atoms with E-state index in [0.29, 0.717) is 12.4 Å². The zero-order valence-corrected chi connectivity index (χ0v) is 10.8. The van der Waals surface area contributed by atoms with E-state index in [2.05, 4.69) is 11.9 Å². The summed E-state index contributed by atoms with van der Waals surface area (Å²) in [7, 11) is 0. The van der Waals surface area contributed by atoms with Crippen molar-refractivity contribution in [2.24, 2.45) is 0 Å². The van der Waals surface area contributed by atoms with Crippen LogP contribution in [0.25, 0.3) is 0 Å². The monoisotopic (exact) mass is 266 g/mol. The number of hydrogen-bond acceptors (Lipinski definition) is 4. The number of rotatable bonds is 6. The molecule has 2 heterocycles. The van der Waals surface area contributed by atoms with Gasteiger partial charge in [0.15, 0.2) is 4.88 Å². The number of carboxylic acids is 1. The number of aryl methyl sites for hydroxylation is 1. The van der Waals surface area contributed by atoms with Crippen LogP contribution in [-0.4, -0.2) is 20.6 Å².